The largest absolute Gasteiger partial charge is 0.506 e. The summed E-state index contributed by atoms with van der Waals surface area (Å²) in [4.78, 5) is 22.7. The number of hydrogen-bond donors (Lipinski definition) is 4. The molecule has 0 aliphatic rings. The maximum atomic E-state index is 12.0. The second-order valence-electron chi connectivity index (χ2n) is 6.17. The molecule has 2 rings (SSSR count). The van der Waals surface area contributed by atoms with Gasteiger partial charge in [0, 0.05) is 12.1 Å². The smallest absolute Gasteiger partial charge is 0.330 e. The molecule has 0 fully saturated rings. The molecule has 27 heavy (non-hydrogen) atoms. The number of rotatable bonds is 8. The number of phenolic OH excluding ortho intramolecular Hbond substituents is 1. The Morgan fingerprint density at radius 2 is 1.78 bits per heavy atom. The van der Waals surface area contributed by atoms with Crippen molar-refractivity contribution >= 4 is 17.7 Å². The highest BCUT2D eigenvalue weighted by Crippen LogP contribution is 2.29. The highest BCUT2D eigenvalue weighted by molar-refractivity contribution is 5.92. The molecule has 0 heterocycles. The van der Waals surface area contributed by atoms with E-state index >= 15 is 0 Å². The van der Waals surface area contributed by atoms with E-state index < -0.39 is 12.0 Å². The van der Waals surface area contributed by atoms with E-state index in [1.807, 2.05) is 30.3 Å². The van der Waals surface area contributed by atoms with Crippen molar-refractivity contribution < 1.29 is 19.8 Å². The van der Waals surface area contributed by atoms with E-state index in [9.17, 15) is 14.7 Å². The fourth-order valence-electron chi connectivity index (χ4n) is 2.49. The number of aliphatic carboxylic acids is 1. The molecule has 0 bridgehead atoms. The molecule has 0 aromatic heterocycles. The van der Waals surface area contributed by atoms with Gasteiger partial charge in [0.05, 0.1) is 5.69 Å². The minimum atomic E-state index is -0.912. The summed E-state index contributed by atoms with van der Waals surface area (Å²) in [7, 11) is 0. The van der Waals surface area contributed by atoms with Crippen LogP contribution in [0.4, 0.5) is 10.5 Å². The van der Waals surface area contributed by atoms with Crippen LogP contribution in [0, 0.1) is 0 Å². The number of amides is 2. The van der Waals surface area contributed by atoms with Gasteiger partial charge in [-0.2, -0.15) is 0 Å². The van der Waals surface area contributed by atoms with Gasteiger partial charge in [-0.05, 0) is 49.4 Å². The number of allylic oxidation sites excluding steroid dienone is 1. The second kappa shape index (κ2) is 10.0. The zero-order valence-corrected chi connectivity index (χ0v) is 15.2. The standard InChI is InChI=1S/C21H24N2O4/c1-15(20(25)26)8-4-3-7-13-22-21(27)23-18-14-17(11-12-19(18)24)16-9-5-2-6-10-16/h2,5-6,8-12,14,24H,3-4,7,13H2,1H3,(H,25,26)(H2,22,23,27). The number of unbranched alkanes of at least 4 members (excludes halogenated alkanes) is 2. The first-order valence-corrected chi connectivity index (χ1v) is 8.80. The molecule has 0 aliphatic carbocycles. The van der Waals surface area contributed by atoms with Crippen LogP contribution in [0.3, 0.4) is 0 Å². The van der Waals surface area contributed by atoms with Gasteiger partial charge in [0.15, 0.2) is 0 Å². The van der Waals surface area contributed by atoms with Crippen molar-refractivity contribution in [3.8, 4) is 16.9 Å². The predicted molar refractivity (Wildman–Crippen MR) is 106 cm³/mol. The van der Waals surface area contributed by atoms with Crippen LogP contribution in [-0.4, -0.2) is 28.8 Å². The Labute approximate surface area is 158 Å². The van der Waals surface area contributed by atoms with Gasteiger partial charge in [-0.3, -0.25) is 0 Å². The molecule has 2 aromatic rings. The summed E-state index contributed by atoms with van der Waals surface area (Å²) in [6.45, 7) is 2.02. The first kappa shape index (κ1) is 20.0. The van der Waals surface area contributed by atoms with E-state index in [1.54, 1.807) is 31.2 Å². The molecule has 4 N–H and O–H groups in total. The van der Waals surface area contributed by atoms with Crippen LogP contribution in [0.25, 0.3) is 11.1 Å². The maximum absolute atomic E-state index is 12.0. The minimum absolute atomic E-state index is 0.000820. The summed E-state index contributed by atoms with van der Waals surface area (Å²) in [5.41, 5.74) is 2.55. The lowest BCUT2D eigenvalue weighted by Gasteiger charge is -2.11. The minimum Gasteiger partial charge on any atom is -0.506 e. The van der Waals surface area contributed by atoms with Gasteiger partial charge in [0.25, 0.3) is 0 Å². The topological polar surface area (TPSA) is 98.7 Å². The fraction of sp³-hybridized carbons (Fsp3) is 0.238. The van der Waals surface area contributed by atoms with Crippen molar-refractivity contribution in [3.05, 3.63) is 60.2 Å². The maximum Gasteiger partial charge on any atom is 0.330 e. The molecule has 0 saturated carbocycles. The Kier molecular flexibility index (Phi) is 7.43. The third-order valence-electron chi connectivity index (χ3n) is 4.06. The Morgan fingerprint density at radius 1 is 1.04 bits per heavy atom. The zero-order chi connectivity index (χ0) is 19.6. The lowest BCUT2D eigenvalue weighted by atomic mass is 10.0. The first-order valence-electron chi connectivity index (χ1n) is 8.80. The molecule has 0 saturated heterocycles. The SMILES string of the molecule is CC(=CCCCCNC(=O)Nc1cc(-c2ccccc2)ccc1O)C(=O)O. The number of anilines is 1. The van der Waals surface area contributed by atoms with Crippen molar-refractivity contribution in [2.45, 2.75) is 26.2 Å². The van der Waals surface area contributed by atoms with Crippen LogP contribution in [-0.2, 0) is 4.79 Å². The van der Waals surface area contributed by atoms with Gasteiger partial charge in [-0.15, -0.1) is 0 Å². The molecular formula is C21H24N2O4. The fourth-order valence-corrected chi connectivity index (χ4v) is 2.49. The van der Waals surface area contributed by atoms with E-state index in [0.29, 0.717) is 24.2 Å². The predicted octanol–water partition coefficient (Wildman–Crippen LogP) is 4.38. The summed E-state index contributed by atoms with van der Waals surface area (Å²) in [6, 6.07) is 14.4. The number of carboxylic acid groups (broad SMARTS) is 1. The average molecular weight is 368 g/mol. The van der Waals surface area contributed by atoms with Gasteiger partial charge in [-0.25, -0.2) is 9.59 Å². The van der Waals surface area contributed by atoms with E-state index in [4.69, 9.17) is 5.11 Å². The van der Waals surface area contributed by atoms with Crippen molar-refractivity contribution in [2.75, 3.05) is 11.9 Å². The molecule has 2 aromatic carbocycles. The summed E-state index contributed by atoms with van der Waals surface area (Å²) >= 11 is 0. The van der Waals surface area contributed by atoms with Gasteiger partial charge in [0.1, 0.15) is 5.75 Å². The number of aromatic hydroxyl groups is 1. The van der Waals surface area contributed by atoms with Gasteiger partial charge in [0.2, 0.25) is 0 Å². The van der Waals surface area contributed by atoms with E-state index in [2.05, 4.69) is 10.6 Å². The summed E-state index contributed by atoms with van der Waals surface area (Å²) < 4.78 is 0. The van der Waals surface area contributed by atoms with Crippen molar-refractivity contribution in [1.82, 2.24) is 5.32 Å². The van der Waals surface area contributed by atoms with E-state index in [-0.39, 0.29) is 5.75 Å². The number of benzene rings is 2. The number of nitrogens with one attached hydrogen (secondary N) is 2. The average Bonchev–Trinajstić information content (AvgIpc) is 2.66. The first-order chi connectivity index (χ1) is 13.0. The highest BCUT2D eigenvalue weighted by Gasteiger charge is 2.08. The van der Waals surface area contributed by atoms with Crippen LogP contribution in [0.5, 0.6) is 5.75 Å². The van der Waals surface area contributed by atoms with Crippen LogP contribution in [0.1, 0.15) is 26.2 Å². The molecule has 0 aliphatic heterocycles. The van der Waals surface area contributed by atoms with E-state index in [0.717, 1.165) is 24.0 Å². The molecule has 2 amide bonds. The summed E-state index contributed by atoms with van der Waals surface area (Å²) in [6.07, 6.45) is 3.84. The highest BCUT2D eigenvalue weighted by atomic mass is 16.4. The quantitative estimate of drug-likeness (QED) is 0.316. The third-order valence-corrected chi connectivity index (χ3v) is 4.06. The molecule has 6 nitrogen and oxygen atoms in total. The molecule has 0 unspecified atom stereocenters. The molecule has 0 spiro atoms. The second-order valence-corrected chi connectivity index (χ2v) is 6.17. The molecular weight excluding hydrogens is 344 g/mol. The number of urea groups is 1. The summed E-state index contributed by atoms with van der Waals surface area (Å²) in [5.74, 6) is -0.913. The Hall–Kier alpha value is -3.28. The molecule has 6 heteroatoms. The summed E-state index contributed by atoms with van der Waals surface area (Å²) in [5, 5.41) is 24.1. The van der Waals surface area contributed by atoms with Gasteiger partial charge in [-0.1, -0.05) is 42.5 Å². The number of carbonyl (C=O) groups is 2. The Morgan fingerprint density at radius 3 is 2.48 bits per heavy atom. The van der Waals surface area contributed by atoms with Crippen molar-refractivity contribution in [2.24, 2.45) is 0 Å². The molecule has 0 atom stereocenters. The number of phenols is 1. The van der Waals surface area contributed by atoms with Crippen LogP contribution in [0.15, 0.2) is 60.2 Å². The van der Waals surface area contributed by atoms with Gasteiger partial charge >= 0.3 is 12.0 Å². The number of carbonyl (C=O) groups excluding carboxylic acids is 1. The lowest BCUT2D eigenvalue weighted by molar-refractivity contribution is -0.132. The number of hydrogen-bond acceptors (Lipinski definition) is 3. The van der Waals surface area contributed by atoms with Crippen molar-refractivity contribution in [3.63, 3.8) is 0 Å². The van der Waals surface area contributed by atoms with Crippen LogP contribution >= 0.6 is 0 Å². The third kappa shape index (κ3) is 6.51. The van der Waals surface area contributed by atoms with E-state index in [1.165, 1.54) is 0 Å². The van der Waals surface area contributed by atoms with Crippen LogP contribution < -0.4 is 10.6 Å². The van der Waals surface area contributed by atoms with Crippen LogP contribution in [0.2, 0.25) is 0 Å². The lowest BCUT2D eigenvalue weighted by Crippen LogP contribution is -2.29. The van der Waals surface area contributed by atoms with Gasteiger partial charge < -0.3 is 20.8 Å². The Bertz CT molecular complexity index is 816. The normalized spacial score (nSPS) is 11.1. The molecule has 142 valence electrons. The van der Waals surface area contributed by atoms with Crippen molar-refractivity contribution in [1.29, 1.82) is 0 Å². The monoisotopic (exact) mass is 368 g/mol. The zero-order valence-electron chi connectivity index (χ0n) is 15.2. The molecule has 0 radical (unpaired) electrons. The number of carboxylic acids is 1. The Balaban J connectivity index is 1.82.